The number of fused-ring (bicyclic) bond motifs is 1. The fraction of sp³-hybridized carbons (Fsp3) is 0.435. The van der Waals surface area contributed by atoms with E-state index < -0.39 is 0 Å². The molecule has 1 aliphatic heterocycles. The fourth-order valence-corrected chi connectivity index (χ4v) is 4.47. The number of para-hydroxylation sites is 1. The molecule has 2 atom stereocenters. The van der Waals surface area contributed by atoms with Gasteiger partial charge in [-0.25, -0.2) is 0 Å². The van der Waals surface area contributed by atoms with Gasteiger partial charge in [-0.2, -0.15) is 0 Å². The number of benzene rings is 2. The average molecular weight is 384 g/mol. The van der Waals surface area contributed by atoms with Gasteiger partial charge in [-0.15, -0.1) is 11.8 Å². The van der Waals surface area contributed by atoms with Crippen molar-refractivity contribution in [2.75, 3.05) is 0 Å². The predicted molar refractivity (Wildman–Crippen MR) is 112 cm³/mol. The van der Waals surface area contributed by atoms with Crippen LogP contribution in [0.25, 0.3) is 0 Å². The Morgan fingerprint density at radius 3 is 2.52 bits per heavy atom. The Labute approximate surface area is 166 Å². The maximum Gasteiger partial charge on any atom is 0.233 e. The first-order chi connectivity index (χ1) is 13.0. The second kappa shape index (κ2) is 8.39. The molecule has 1 N–H and O–H groups in total. The van der Waals surface area contributed by atoms with Crippen LogP contribution in [0.4, 0.5) is 0 Å². The number of ether oxygens (including phenoxy) is 1. The largest absolute Gasteiger partial charge is 0.487 e. The van der Waals surface area contributed by atoms with Gasteiger partial charge in [-0.05, 0) is 44.9 Å². The maximum absolute atomic E-state index is 12.9. The number of amides is 1. The molecule has 0 bridgehead atoms. The Kier molecular flexibility index (Phi) is 6.15. The first-order valence-electron chi connectivity index (χ1n) is 9.78. The molecule has 0 saturated heterocycles. The summed E-state index contributed by atoms with van der Waals surface area (Å²) in [6.07, 6.45) is 2.67. The van der Waals surface area contributed by atoms with E-state index in [1.165, 1.54) is 5.56 Å². The van der Waals surface area contributed by atoms with Crippen molar-refractivity contribution in [1.82, 2.24) is 5.32 Å². The van der Waals surface area contributed by atoms with Crippen LogP contribution < -0.4 is 10.1 Å². The predicted octanol–water partition coefficient (Wildman–Crippen LogP) is 5.67. The molecule has 1 aliphatic rings. The summed E-state index contributed by atoms with van der Waals surface area (Å²) in [4.78, 5) is 14.0. The first-order valence-corrected chi connectivity index (χ1v) is 10.7. The van der Waals surface area contributed by atoms with E-state index in [4.69, 9.17) is 4.74 Å². The summed E-state index contributed by atoms with van der Waals surface area (Å²) in [5, 5.41) is 3.14. The van der Waals surface area contributed by atoms with Crippen LogP contribution in [0.2, 0.25) is 0 Å². The van der Waals surface area contributed by atoms with Crippen LogP contribution >= 0.6 is 11.8 Å². The zero-order valence-electron chi connectivity index (χ0n) is 16.6. The van der Waals surface area contributed by atoms with E-state index in [-0.39, 0.29) is 22.8 Å². The van der Waals surface area contributed by atoms with Crippen molar-refractivity contribution in [1.29, 1.82) is 0 Å². The average Bonchev–Trinajstić information content (AvgIpc) is 2.69. The third-order valence-electron chi connectivity index (χ3n) is 5.51. The number of hydrogen-bond acceptors (Lipinski definition) is 3. The van der Waals surface area contributed by atoms with Crippen molar-refractivity contribution < 1.29 is 9.53 Å². The number of thioether (sulfide) groups is 1. The molecule has 1 amide bonds. The fourth-order valence-electron chi connectivity index (χ4n) is 3.59. The summed E-state index contributed by atoms with van der Waals surface area (Å²) < 4.78 is 6.34. The van der Waals surface area contributed by atoms with Gasteiger partial charge < -0.3 is 10.1 Å². The number of aryl methyl sites for hydroxylation is 1. The molecule has 0 fully saturated rings. The van der Waals surface area contributed by atoms with Gasteiger partial charge in [-0.3, -0.25) is 4.79 Å². The molecular formula is C23H29NO2S. The van der Waals surface area contributed by atoms with Crippen LogP contribution in [-0.2, 0) is 4.79 Å². The van der Waals surface area contributed by atoms with Crippen molar-refractivity contribution in [3.8, 4) is 5.75 Å². The highest BCUT2D eigenvalue weighted by atomic mass is 32.2. The number of rotatable bonds is 6. The Morgan fingerprint density at radius 2 is 1.85 bits per heavy atom. The van der Waals surface area contributed by atoms with Crippen molar-refractivity contribution >= 4 is 17.7 Å². The molecule has 3 nitrogen and oxygen atoms in total. The lowest BCUT2D eigenvalue weighted by molar-refractivity contribution is -0.121. The van der Waals surface area contributed by atoms with Crippen LogP contribution in [0.1, 0.15) is 57.2 Å². The van der Waals surface area contributed by atoms with Gasteiger partial charge >= 0.3 is 0 Å². The molecule has 0 unspecified atom stereocenters. The van der Waals surface area contributed by atoms with E-state index in [2.05, 4.69) is 56.4 Å². The standard InChI is InChI=1S/C23H29NO2S/c1-5-23(6-2)15-20(19-9-7-8-10-21(19)26-23)24-22(25)17(4)27-18-13-11-16(3)12-14-18/h7-14,17,20H,5-6,15H2,1-4H3,(H,24,25)/t17-,20+/m0/s1. The topological polar surface area (TPSA) is 38.3 Å². The molecule has 0 aromatic heterocycles. The van der Waals surface area contributed by atoms with Gasteiger partial charge in [0.2, 0.25) is 5.91 Å². The first kappa shape index (κ1) is 19.8. The van der Waals surface area contributed by atoms with Gasteiger partial charge in [0.25, 0.3) is 0 Å². The molecule has 2 aromatic carbocycles. The molecule has 0 saturated carbocycles. The maximum atomic E-state index is 12.9. The van der Waals surface area contributed by atoms with Crippen LogP contribution in [0, 0.1) is 6.92 Å². The molecule has 1 heterocycles. The zero-order chi connectivity index (χ0) is 19.4. The summed E-state index contributed by atoms with van der Waals surface area (Å²) in [6, 6.07) is 16.4. The highest BCUT2D eigenvalue weighted by molar-refractivity contribution is 8.00. The Balaban J connectivity index is 1.74. The third-order valence-corrected chi connectivity index (χ3v) is 6.62. The van der Waals surface area contributed by atoms with Gasteiger partial charge in [0, 0.05) is 16.9 Å². The minimum absolute atomic E-state index is 0.0107. The van der Waals surface area contributed by atoms with E-state index in [0.717, 1.165) is 35.5 Å². The Morgan fingerprint density at radius 1 is 1.19 bits per heavy atom. The summed E-state index contributed by atoms with van der Waals surface area (Å²) in [7, 11) is 0. The third kappa shape index (κ3) is 4.49. The Bertz CT molecular complexity index is 783. The van der Waals surface area contributed by atoms with Crippen LogP contribution in [-0.4, -0.2) is 16.8 Å². The van der Waals surface area contributed by atoms with Crippen molar-refractivity contribution in [2.24, 2.45) is 0 Å². The molecule has 27 heavy (non-hydrogen) atoms. The molecule has 2 aromatic rings. The van der Waals surface area contributed by atoms with Crippen molar-refractivity contribution in [3.63, 3.8) is 0 Å². The van der Waals surface area contributed by atoms with Crippen LogP contribution in [0.15, 0.2) is 53.4 Å². The molecule has 3 rings (SSSR count). The number of carbonyl (C=O) groups excluding carboxylic acids is 1. The van der Waals surface area contributed by atoms with E-state index in [1.54, 1.807) is 11.8 Å². The SMILES string of the molecule is CCC1(CC)C[C@@H](NC(=O)[C@H](C)Sc2ccc(C)cc2)c2ccccc2O1. The van der Waals surface area contributed by atoms with Gasteiger partial charge in [-0.1, -0.05) is 49.7 Å². The highest BCUT2D eigenvalue weighted by Gasteiger charge is 2.39. The minimum atomic E-state index is -0.209. The van der Waals surface area contributed by atoms with Gasteiger partial charge in [0.15, 0.2) is 0 Å². The van der Waals surface area contributed by atoms with Gasteiger partial charge in [0.1, 0.15) is 11.4 Å². The molecule has 4 heteroatoms. The van der Waals surface area contributed by atoms with E-state index in [0.29, 0.717) is 0 Å². The van der Waals surface area contributed by atoms with E-state index >= 15 is 0 Å². The van der Waals surface area contributed by atoms with Crippen molar-refractivity contribution in [3.05, 3.63) is 59.7 Å². The lowest BCUT2D eigenvalue weighted by atomic mass is 9.83. The molecular weight excluding hydrogens is 354 g/mol. The summed E-state index contributed by atoms with van der Waals surface area (Å²) in [6.45, 7) is 8.36. The summed E-state index contributed by atoms with van der Waals surface area (Å²) >= 11 is 1.60. The van der Waals surface area contributed by atoms with E-state index in [9.17, 15) is 4.79 Å². The highest BCUT2D eigenvalue weighted by Crippen LogP contribution is 2.42. The van der Waals surface area contributed by atoms with Gasteiger partial charge in [0.05, 0.1) is 11.3 Å². The minimum Gasteiger partial charge on any atom is -0.487 e. The normalized spacial score (nSPS) is 18.9. The molecule has 0 aliphatic carbocycles. The van der Waals surface area contributed by atoms with E-state index in [1.807, 2.05) is 25.1 Å². The lowest BCUT2D eigenvalue weighted by Crippen LogP contribution is -2.45. The number of carbonyl (C=O) groups is 1. The van der Waals surface area contributed by atoms with Crippen LogP contribution in [0.5, 0.6) is 5.75 Å². The quantitative estimate of drug-likeness (QED) is 0.653. The lowest BCUT2D eigenvalue weighted by Gasteiger charge is -2.42. The number of hydrogen-bond donors (Lipinski definition) is 1. The molecule has 0 spiro atoms. The zero-order valence-corrected chi connectivity index (χ0v) is 17.4. The summed E-state index contributed by atoms with van der Waals surface area (Å²) in [5.74, 6) is 0.972. The van der Waals surface area contributed by atoms with Crippen LogP contribution in [0.3, 0.4) is 0 Å². The molecule has 144 valence electrons. The number of nitrogens with one attached hydrogen (secondary N) is 1. The second-order valence-corrected chi connectivity index (χ2v) is 8.78. The smallest absolute Gasteiger partial charge is 0.233 e. The monoisotopic (exact) mass is 383 g/mol. The second-order valence-electron chi connectivity index (χ2n) is 7.37. The molecule has 0 radical (unpaired) electrons. The summed E-state index contributed by atoms with van der Waals surface area (Å²) in [5.41, 5.74) is 2.10. The Hall–Kier alpha value is -1.94. The van der Waals surface area contributed by atoms with Crippen molar-refractivity contribution in [2.45, 2.75) is 68.7 Å².